The third kappa shape index (κ3) is 2.87. The van der Waals surface area contributed by atoms with Gasteiger partial charge in [0.25, 0.3) is 5.91 Å². The summed E-state index contributed by atoms with van der Waals surface area (Å²) in [6.45, 7) is 7.30. The van der Waals surface area contributed by atoms with Crippen LogP contribution in [0.2, 0.25) is 0 Å². The molecule has 3 heterocycles. The van der Waals surface area contributed by atoms with E-state index in [1.54, 1.807) is 10.3 Å². The SMILES string of the molecule is CC(C)C(N)c1nc(C(=O)N2CC3CCCN3C(=O)C2C)cs1. The van der Waals surface area contributed by atoms with Crippen LogP contribution in [0.3, 0.4) is 0 Å². The molecule has 2 aliphatic heterocycles. The highest BCUT2D eigenvalue weighted by atomic mass is 32.1. The fraction of sp³-hybridized carbons (Fsp3) is 0.688. The Morgan fingerprint density at radius 3 is 2.91 bits per heavy atom. The number of nitrogens with zero attached hydrogens (tertiary/aromatic N) is 3. The lowest BCUT2D eigenvalue weighted by Crippen LogP contribution is -2.60. The summed E-state index contributed by atoms with van der Waals surface area (Å²) < 4.78 is 0. The molecular weight excluding hydrogens is 312 g/mol. The molecule has 0 radical (unpaired) electrons. The Morgan fingerprint density at radius 2 is 2.22 bits per heavy atom. The average molecular weight is 336 g/mol. The fourth-order valence-electron chi connectivity index (χ4n) is 3.30. The number of hydrogen-bond donors (Lipinski definition) is 1. The van der Waals surface area contributed by atoms with Crippen LogP contribution < -0.4 is 5.73 Å². The Balaban J connectivity index is 1.78. The molecule has 23 heavy (non-hydrogen) atoms. The van der Waals surface area contributed by atoms with E-state index in [-0.39, 0.29) is 29.8 Å². The summed E-state index contributed by atoms with van der Waals surface area (Å²) in [6.07, 6.45) is 2.00. The van der Waals surface area contributed by atoms with Crippen molar-refractivity contribution in [1.82, 2.24) is 14.8 Å². The maximum atomic E-state index is 12.8. The van der Waals surface area contributed by atoms with E-state index >= 15 is 0 Å². The third-order valence-electron chi connectivity index (χ3n) is 4.90. The number of hydrogen-bond acceptors (Lipinski definition) is 5. The number of fused-ring (bicyclic) bond motifs is 1. The predicted octanol–water partition coefficient (Wildman–Crippen LogP) is 1.63. The molecule has 0 bridgehead atoms. The Bertz CT molecular complexity index is 615. The van der Waals surface area contributed by atoms with Crippen molar-refractivity contribution in [3.8, 4) is 0 Å². The van der Waals surface area contributed by atoms with E-state index in [1.807, 2.05) is 25.7 Å². The summed E-state index contributed by atoms with van der Waals surface area (Å²) in [6, 6.07) is -0.410. The molecule has 6 nitrogen and oxygen atoms in total. The molecule has 2 aliphatic rings. The van der Waals surface area contributed by atoms with Crippen molar-refractivity contribution in [2.24, 2.45) is 11.7 Å². The highest BCUT2D eigenvalue weighted by Crippen LogP contribution is 2.28. The summed E-state index contributed by atoms with van der Waals surface area (Å²) in [5, 5.41) is 2.54. The molecule has 3 unspecified atom stereocenters. The van der Waals surface area contributed by atoms with E-state index in [4.69, 9.17) is 5.73 Å². The molecule has 2 fully saturated rings. The lowest BCUT2D eigenvalue weighted by molar-refractivity contribution is -0.141. The van der Waals surface area contributed by atoms with Crippen molar-refractivity contribution in [3.05, 3.63) is 16.1 Å². The van der Waals surface area contributed by atoms with Crippen LogP contribution in [0.5, 0.6) is 0 Å². The van der Waals surface area contributed by atoms with Crippen LogP contribution >= 0.6 is 11.3 Å². The molecule has 0 aliphatic carbocycles. The van der Waals surface area contributed by atoms with Gasteiger partial charge in [-0.1, -0.05) is 13.8 Å². The number of aromatic nitrogens is 1. The number of nitrogens with two attached hydrogens (primary N) is 1. The van der Waals surface area contributed by atoms with Crippen LogP contribution in [0.25, 0.3) is 0 Å². The number of carbonyl (C=O) groups is 2. The molecule has 0 saturated carbocycles. The van der Waals surface area contributed by atoms with E-state index < -0.39 is 6.04 Å². The van der Waals surface area contributed by atoms with Crippen LogP contribution in [0.1, 0.15) is 55.2 Å². The zero-order chi connectivity index (χ0) is 16.7. The summed E-state index contributed by atoms with van der Waals surface area (Å²) in [4.78, 5) is 33.3. The zero-order valence-corrected chi connectivity index (χ0v) is 14.7. The van der Waals surface area contributed by atoms with Crippen LogP contribution in [0.15, 0.2) is 5.38 Å². The highest BCUT2D eigenvalue weighted by molar-refractivity contribution is 7.09. The minimum absolute atomic E-state index is 0.0569. The second-order valence-corrected chi connectivity index (χ2v) is 7.69. The molecule has 0 spiro atoms. The van der Waals surface area contributed by atoms with Gasteiger partial charge in [0, 0.05) is 24.5 Å². The Hall–Kier alpha value is -1.47. The highest BCUT2D eigenvalue weighted by Gasteiger charge is 2.42. The Kier molecular flexibility index (Phi) is 4.42. The number of rotatable bonds is 3. The van der Waals surface area contributed by atoms with Gasteiger partial charge in [0.05, 0.1) is 6.04 Å². The van der Waals surface area contributed by atoms with E-state index in [2.05, 4.69) is 4.98 Å². The zero-order valence-electron chi connectivity index (χ0n) is 13.9. The minimum atomic E-state index is -0.416. The van der Waals surface area contributed by atoms with Crippen molar-refractivity contribution in [2.45, 2.75) is 51.7 Å². The quantitative estimate of drug-likeness (QED) is 0.910. The second-order valence-electron chi connectivity index (χ2n) is 6.80. The molecule has 0 aromatic carbocycles. The molecular formula is C16H24N4O2S. The maximum absolute atomic E-state index is 12.8. The van der Waals surface area contributed by atoms with Gasteiger partial charge in [0.15, 0.2) is 0 Å². The van der Waals surface area contributed by atoms with Gasteiger partial charge in [-0.05, 0) is 25.7 Å². The lowest BCUT2D eigenvalue weighted by atomic mass is 10.1. The predicted molar refractivity (Wildman–Crippen MR) is 89.1 cm³/mol. The smallest absolute Gasteiger partial charge is 0.274 e. The van der Waals surface area contributed by atoms with Crippen LogP contribution in [-0.2, 0) is 4.79 Å². The molecule has 3 atom stereocenters. The van der Waals surface area contributed by atoms with Crippen LogP contribution in [0, 0.1) is 5.92 Å². The van der Waals surface area contributed by atoms with Gasteiger partial charge in [-0.25, -0.2) is 4.98 Å². The van der Waals surface area contributed by atoms with Gasteiger partial charge in [-0.2, -0.15) is 0 Å². The summed E-state index contributed by atoms with van der Waals surface area (Å²) in [5.41, 5.74) is 6.52. The van der Waals surface area contributed by atoms with Crippen molar-refractivity contribution < 1.29 is 9.59 Å². The van der Waals surface area contributed by atoms with Crippen molar-refractivity contribution in [1.29, 1.82) is 0 Å². The number of piperazine rings is 1. The lowest BCUT2D eigenvalue weighted by Gasteiger charge is -2.41. The van der Waals surface area contributed by atoms with Crippen molar-refractivity contribution in [2.75, 3.05) is 13.1 Å². The van der Waals surface area contributed by atoms with E-state index in [1.165, 1.54) is 11.3 Å². The second kappa shape index (κ2) is 6.20. The summed E-state index contributed by atoms with van der Waals surface area (Å²) >= 11 is 1.42. The molecule has 2 saturated heterocycles. The molecule has 1 aromatic rings. The average Bonchev–Trinajstić information content (AvgIpc) is 3.18. The largest absolute Gasteiger partial charge is 0.336 e. The van der Waals surface area contributed by atoms with Crippen molar-refractivity contribution >= 4 is 23.2 Å². The first kappa shape index (κ1) is 16.4. The van der Waals surface area contributed by atoms with E-state index in [0.29, 0.717) is 12.2 Å². The van der Waals surface area contributed by atoms with Gasteiger partial charge in [0.1, 0.15) is 16.7 Å². The topological polar surface area (TPSA) is 79.5 Å². The first-order chi connectivity index (χ1) is 10.9. The number of thiazole rings is 1. The summed E-state index contributed by atoms with van der Waals surface area (Å²) in [5.74, 6) is 0.170. The van der Waals surface area contributed by atoms with Crippen LogP contribution in [0.4, 0.5) is 0 Å². The minimum Gasteiger partial charge on any atom is -0.336 e. The molecule has 3 rings (SSSR count). The van der Waals surface area contributed by atoms with Gasteiger partial charge in [-0.15, -0.1) is 11.3 Å². The van der Waals surface area contributed by atoms with E-state index in [9.17, 15) is 9.59 Å². The number of amides is 2. The summed E-state index contributed by atoms with van der Waals surface area (Å²) in [7, 11) is 0. The molecule has 2 N–H and O–H groups in total. The molecule has 2 amide bonds. The Labute approximate surface area is 140 Å². The van der Waals surface area contributed by atoms with Crippen molar-refractivity contribution in [3.63, 3.8) is 0 Å². The maximum Gasteiger partial charge on any atom is 0.274 e. The normalized spacial score (nSPS) is 25.9. The fourth-order valence-corrected chi connectivity index (χ4v) is 4.27. The van der Waals surface area contributed by atoms with Gasteiger partial charge in [0.2, 0.25) is 5.91 Å². The van der Waals surface area contributed by atoms with Crippen LogP contribution in [-0.4, -0.2) is 51.8 Å². The molecule has 7 heteroatoms. The molecule has 126 valence electrons. The first-order valence-electron chi connectivity index (χ1n) is 8.22. The monoisotopic (exact) mass is 336 g/mol. The standard InChI is InChI=1S/C16H24N4O2S/c1-9(2)13(17)14-18-12(8-23-14)16(22)20-7-11-5-4-6-19(11)15(21)10(20)3/h8-11,13H,4-7,17H2,1-3H3. The van der Waals surface area contributed by atoms with E-state index in [0.717, 1.165) is 24.4 Å². The first-order valence-corrected chi connectivity index (χ1v) is 9.10. The van der Waals surface area contributed by atoms with Gasteiger partial charge in [-0.3, -0.25) is 9.59 Å². The third-order valence-corrected chi connectivity index (χ3v) is 5.84. The Morgan fingerprint density at radius 1 is 1.48 bits per heavy atom. The molecule has 1 aromatic heterocycles. The van der Waals surface area contributed by atoms with Gasteiger partial charge >= 0.3 is 0 Å². The number of carbonyl (C=O) groups excluding carboxylic acids is 2. The van der Waals surface area contributed by atoms with Gasteiger partial charge < -0.3 is 15.5 Å².